The lowest BCUT2D eigenvalue weighted by atomic mass is 10.1. The standard InChI is InChI=1S/C20H36N3O5P/c1-17(24)13-21-6-7-22(14-18(2)25)9-11-23(10-8-21)15-19-4-3-5-20(12-19)16-29(26,27)28/h3-5,12,17-18,24-25H,6-11,13-16H2,1-2H3,(H2,26,27,28)/t17-,18-/m0/s1. The van der Waals surface area contributed by atoms with E-state index in [0.717, 1.165) is 44.8 Å². The molecule has 1 aromatic rings. The lowest BCUT2D eigenvalue weighted by Crippen LogP contribution is -2.41. The van der Waals surface area contributed by atoms with E-state index in [1.54, 1.807) is 19.9 Å². The molecule has 8 nitrogen and oxygen atoms in total. The molecule has 4 N–H and O–H groups in total. The van der Waals surface area contributed by atoms with Gasteiger partial charge >= 0.3 is 7.60 Å². The van der Waals surface area contributed by atoms with Crippen LogP contribution in [0.15, 0.2) is 24.3 Å². The van der Waals surface area contributed by atoms with Gasteiger partial charge in [-0.05, 0) is 25.0 Å². The van der Waals surface area contributed by atoms with Crippen molar-refractivity contribution in [1.29, 1.82) is 0 Å². The van der Waals surface area contributed by atoms with E-state index in [4.69, 9.17) is 0 Å². The summed E-state index contributed by atoms with van der Waals surface area (Å²) in [5, 5.41) is 19.6. The van der Waals surface area contributed by atoms with Crippen LogP contribution < -0.4 is 0 Å². The van der Waals surface area contributed by atoms with Crippen molar-refractivity contribution in [3.8, 4) is 0 Å². The van der Waals surface area contributed by atoms with Crippen LogP contribution in [0.25, 0.3) is 0 Å². The number of nitrogens with zero attached hydrogens (tertiary/aromatic N) is 3. The number of aliphatic hydroxyl groups excluding tert-OH is 2. The lowest BCUT2D eigenvalue weighted by Gasteiger charge is -2.27. The third-order valence-corrected chi connectivity index (χ3v) is 5.81. The Bertz CT molecular complexity index is 645. The zero-order valence-corrected chi connectivity index (χ0v) is 18.4. The van der Waals surface area contributed by atoms with Crippen LogP contribution in [-0.2, 0) is 17.3 Å². The second-order valence-corrected chi connectivity index (χ2v) is 9.86. The number of β-amino-alcohol motifs (C(OH)–C–C–N with tert-alkyl or cyclic N) is 2. The van der Waals surface area contributed by atoms with Crippen molar-refractivity contribution in [2.45, 2.75) is 38.8 Å². The molecule has 1 saturated heterocycles. The quantitative estimate of drug-likeness (QED) is 0.444. The van der Waals surface area contributed by atoms with Crippen molar-refractivity contribution in [2.75, 3.05) is 52.4 Å². The first-order valence-corrected chi connectivity index (χ1v) is 12.1. The van der Waals surface area contributed by atoms with Gasteiger partial charge in [-0.25, -0.2) is 0 Å². The smallest absolute Gasteiger partial charge is 0.329 e. The highest BCUT2D eigenvalue weighted by Crippen LogP contribution is 2.39. The summed E-state index contributed by atoms with van der Waals surface area (Å²) in [7, 11) is -4.09. The van der Waals surface area contributed by atoms with Crippen LogP contribution in [0.3, 0.4) is 0 Å². The van der Waals surface area contributed by atoms with Crippen LogP contribution in [-0.4, -0.2) is 99.3 Å². The molecule has 2 rings (SSSR count). The highest BCUT2D eigenvalue weighted by atomic mass is 31.2. The second-order valence-electron chi connectivity index (χ2n) is 8.22. The molecule has 2 atom stereocenters. The van der Waals surface area contributed by atoms with E-state index in [1.165, 1.54) is 0 Å². The van der Waals surface area contributed by atoms with Crippen LogP contribution in [0.5, 0.6) is 0 Å². The Labute approximate surface area is 173 Å². The van der Waals surface area contributed by atoms with E-state index in [1.807, 2.05) is 18.2 Å². The Kier molecular flexibility index (Phi) is 9.72. The zero-order chi connectivity index (χ0) is 21.4. The van der Waals surface area contributed by atoms with Crippen LogP contribution >= 0.6 is 7.60 Å². The molecule has 1 heterocycles. The summed E-state index contributed by atoms with van der Waals surface area (Å²) in [6.45, 7) is 10.6. The van der Waals surface area contributed by atoms with Gasteiger partial charge in [-0.2, -0.15) is 0 Å². The summed E-state index contributed by atoms with van der Waals surface area (Å²) in [5.74, 6) is 0. The molecule has 9 heteroatoms. The zero-order valence-electron chi connectivity index (χ0n) is 17.5. The highest BCUT2D eigenvalue weighted by molar-refractivity contribution is 7.50. The number of hydrogen-bond acceptors (Lipinski definition) is 6. The van der Waals surface area contributed by atoms with Gasteiger partial charge in [0.2, 0.25) is 0 Å². The maximum atomic E-state index is 11.3. The molecule has 166 valence electrons. The minimum Gasteiger partial charge on any atom is -0.392 e. The molecule has 1 fully saturated rings. The van der Waals surface area contributed by atoms with Gasteiger partial charge in [-0.15, -0.1) is 0 Å². The maximum absolute atomic E-state index is 11.3. The first-order chi connectivity index (χ1) is 13.6. The van der Waals surface area contributed by atoms with Gasteiger partial charge in [0.15, 0.2) is 0 Å². The molecular formula is C20H36N3O5P. The molecule has 0 aliphatic carbocycles. The van der Waals surface area contributed by atoms with Crippen molar-refractivity contribution < 1.29 is 24.6 Å². The average molecular weight is 429 g/mol. The fourth-order valence-electron chi connectivity index (χ4n) is 3.78. The second kappa shape index (κ2) is 11.5. The number of aliphatic hydroxyl groups is 2. The molecule has 1 aliphatic heterocycles. The molecule has 29 heavy (non-hydrogen) atoms. The minimum absolute atomic E-state index is 0.245. The maximum Gasteiger partial charge on any atom is 0.329 e. The fraction of sp³-hybridized carbons (Fsp3) is 0.700. The van der Waals surface area contributed by atoms with Gasteiger partial charge in [0.1, 0.15) is 0 Å². The van der Waals surface area contributed by atoms with Gasteiger partial charge in [0.25, 0.3) is 0 Å². The molecule has 0 amide bonds. The van der Waals surface area contributed by atoms with Crippen molar-refractivity contribution in [3.63, 3.8) is 0 Å². The van der Waals surface area contributed by atoms with Crippen molar-refractivity contribution >= 4 is 7.60 Å². The summed E-state index contributed by atoms with van der Waals surface area (Å²) in [6, 6.07) is 7.44. The third kappa shape index (κ3) is 10.2. The SMILES string of the molecule is C[C@H](O)CN1CCN(Cc2cccc(CP(=O)(O)O)c2)CCN(C[C@H](C)O)CC1. The molecule has 0 saturated carbocycles. The van der Waals surface area contributed by atoms with E-state index in [-0.39, 0.29) is 6.16 Å². The minimum atomic E-state index is -4.09. The molecule has 0 bridgehead atoms. The Morgan fingerprint density at radius 2 is 1.31 bits per heavy atom. The van der Waals surface area contributed by atoms with Gasteiger partial charge < -0.3 is 20.0 Å². The predicted octanol–water partition coefficient (Wildman–Crippen LogP) is 0.546. The van der Waals surface area contributed by atoms with E-state index >= 15 is 0 Å². The Morgan fingerprint density at radius 3 is 1.76 bits per heavy atom. The molecular weight excluding hydrogens is 393 g/mol. The molecule has 0 unspecified atom stereocenters. The first kappa shape index (κ1) is 24.4. The summed E-state index contributed by atoms with van der Waals surface area (Å²) in [6.07, 6.45) is -1.02. The molecule has 0 radical (unpaired) electrons. The van der Waals surface area contributed by atoms with Gasteiger partial charge in [-0.1, -0.05) is 24.3 Å². The van der Waals surface area contributed by atoms with E-state index in [0.29, 0.717) is 25.2 Å². The molecule has 1 aliphatic rings. The normalized spacial score (nSPS) is 20.6. The molecule has 1 aromatic carbocycles. The van der Waals surface area contributed by atoms with Crippen LogP contribution in [0.4, 0.5) is 0 Å². The molecule has 0 spiro atoms. The summed E-state index contributed by atoms with van der Waals surface area (Å²) < 4.78 is 11.3. The Balaban J connectivity index is 2.07. The lowest BCUT2D eigenvalue weighted by molar-refractivity contribution is 0.102. The van der Waals surface area contributed by atoms with Gasteiger partial charge in [0.05, 0.1) is 18.4 Å². The summed E-state index contributed by atoms with van der Waals surface area (Å²) in [5.41, 5.74) is 1.67. The van der Waals surface area contributed by atoms with E-state index < -0.39 is 19.8 Å². The van der Waals surface area contributed by atoms with E-state index in [2.05, 4.69) is 14.7 Å². The van der Waals surface area contributed by atoms with E-state index in [9.17, 15) is 24.6 Å². The number of hydrogen-bond donors (Lipinski definition) is 4. The first-order valence-electron chi connectivity index (χ1n) is 10.3. The van der Waals surface area contributed by atoms with Crippen molar-refractivity contribution in [2.24, 2.45) is 0 Å². The summed E-state index contributed by atoms with van der Waals surface area (Å²) in [4.78, 5) is 25.3. The number of rotatable bonds is 8. The third-order valence-electron chi connectivity index (χ3n) is 5.03. The fourth-order valence-corrected chi connectivity index (χ4v) is 4.45. The van der Waals surface area contributed by atoms with Gasteiger partial charge in [-0.3, -0.25) is 19.3 Å². The number of benzene rings is 1. The highest BCUT2D eigenvalue weighted by Gasteiger charge is 2.19. The Hall–Kier alpha value is -0.830. The summed E-state index contributed by atoms with van der Waals surface area (Å²) >= 11 is 0. The van der Waals surface area contributed by atoms with Crippen molar-refractivity contribution in [1.82, 2.24) is 14.7 Å². The van der Waals surface area contributed by atoms with Crippen LogP contribution in [0, 0.1) is 0 Å². The molecule has 0 aromatic heterocycles. The monoisotopic (exact) mass is 429 g/mol. The predicted molar refractivity (Wildman–Crippen MR) is 114 cm³/mol. The van der Waals surface area contributed by atoms with Gasteiger partial charge in [0, 0.05) is 58.9 Å². The largest absolute Gasteiger partial charge is 0.392 e. The van der Waals surface area contributed by atoms with Crippen LogP contribution in [0.1, 0.15) is 25.0 Å². The topological polar surface area (TPSA) is 108 Å². The Morgan fingerprint density at radius 1 is 0.862 bits per heavy atom. The van der Waals surface area contributed by atoms with Crippen LogP contribution in [0.2, 0.25) is 0 Å². The average Bonchev–Trinajstić information content (AvgIpc) is 2.66. The van der Waals surface area contributed by atoms with Crippen molar-refractivity contribution in [3.05, 3.63) is 35.4 Å².